The van der Waals surface area contributed by atoms with Crippen LogP contribution >= 0.6 is 0 Å². The van der Waals surface area contributed by atoms with E-state index in [0.717, 1.165) is 109 Å². The molecule has 0 aliphatic rings. The molecule has 9 heteroatoms. The molecule has 0 radical (unpaired) electrons. The van der Waals surface area contributed by atoms with Crippen molar-refractivity contribution in [3.8, 4) is 0 Å². The highest BCUT2D eigenvalue weighted by atomic mass is 16.7. The number of quaternary nitrogens is 1. The van der Waals surface area contributed by atoms with E-state index in [1.54, 1.807) is 0 Å². The third kappa shape index (κ3) is 63.5. The van der Waals surface area contributed by atoms with Crippen LogP contribution in [0.15, 0.2) is 109 Å². The second kappa shape index (κ2) is 63.0. The van der Waals surface area contributed by atoms with E-state index in [4.69, 9.17) is 18.9 Å². The number of rotatable bonds is 61. The maximum Gasteiger partial charge on any atom is 0.361 e. The summed E-state index contributed by atoms with van der Waals surface area (Å²) in [7, 11) is 5.97. The van der Waals surface area contributed by atoms with Crippen LogP contribution in [0.3, 0.4) is 0 Å². The Morgan fingerprint density at radius 1 is 0.378 bits per heavy atom. The number of esters is 2. The minimum atomic E-state index is -1.51. The topological polar surface area (TPSA) is 108 Å². The zero-order chi connectivity index (χ0) is 59.8. The summed E-state index contributed by atoms with van der Waals surface area (Å²) < 4.78 is 22.9. The maximum absolute atomic E-state index is 12.9. The van der Waals surface area contributed by atoms with Crippen molar-refractivity contribution in [1.29, 1.82) is 0 Å². The molecule has 2 unspecified atom stereocenters. The fourth-order valence-electron chi connectivity index (χ4n) is 9.14. The van der Waals surface area contributed by atoms with Gasteiger partial charge in [0.05, 0.1) is 34.4 Å². The van der Waals surface area contributed by atoms with E-state index >= 15 is 0 Å². The molecule has 0 aliphatic carbocycles. The molecule has 0 bridgehead atoms. The van der Waals surface area contributed by atoms with Crippen LogP contribution in [-0.4, -0.2) is 87.4 Å². The zero-order valence-electron chi connectivity index (χ0n) is 53.6. The molecule has 0 aromatic carbocycles. The molecule has 0 amide bonds. The second-order valence-electron chi connectivity index (χ2n) is 23.4. The number of carboxylic acid groups (broad SMARTS) is 1. The number of hydrogen-bond acceptors (Lipinski definition) is 7. The number of unbranched alkanes of at least 4 members (excludes halogenated alkanes) is 28. The Balaban J connectivity index is 4.05. The Bertz CT molecular complexity index is 1710. The van der Waals surface area contributed by atoms with Gasteiger partial charge in [0.15, 0.2) is 6.10 Å². The van der Waals surface area contributed by atoms with Gasteiger partial charge in [0.25, 0.3) is 6.29 Å². The Morgan fingerprint density at radius 3 is 1.05 bits per heavy atom. The van der Waals surface area contributed by atoms with Crippen molar-refractivity contribution in [2.75, 3.05) is 47.5 Å². The van der Waals surface area contributed by atoms with Crippen LogP contribution in [0, 0.1) is 0 Å². The summed E-state index contributed by atoms with van der Waals surface area (Å²) >= 11 is 0. The molecule has 0 fully saturated rings. The largest absolute Gasteiger partial charge is 0.477 e. The van der Waals surface area contributed by atoms with Gasteiger partial charge in [-0.15, -0.1) is 0 Å². The molecular formula is C73H126NO8+. The fraction of sp³-hybridized carbons (Fsp3) is 0.712. The van der Waals surface area contributed by atoms with Crippen molar-refractivity contribution in [3.63, 3.8) is 0 Å². The van der Waals surface area contributed by atoms with Crippen molar-refractivity contribution < 1.29 is 42.9 Å². The standard InChI is InChI=1S/C73H125NO8/c1-6-8-10-12-14-16-18-20-22-24-25-26-27-28-29-30-31-32-33-34-35-36-37-38-39-40-41-42-43-44-45-46-47-48-50-52-54-56-58-60-62-64-71(76)82-69(68-81-73(72(77)78)79-66-65-74(3,4)5)67-80-70(75)63-61-59-57-55-53-51-49-23-21-19-17-15-13-11-9-7-2/h8,10,14,16,20,22-23,25-26,28-29,31-32,34-35,37-38,49,69,73H,6-7,9,11-13,15,17-19,21,24,27,30,33,36,39-48,50-68H2,1-5H3/p+1/b10-8-,16-14-,22-20-,26-25-,29-28-,32-31-,35-34-,38-37-,49-23-. The average molecular weight is 1150 g/mol. The molecule has 1 N–H and O–H groups in total. The lowest BCUT2D eigenvalue weighted by Crippen LogP contribution is -2.40. The van der Waals surface area contributed by atoms with Gasteiger partial charge in [-0.1, -0.05) is 271 Å². The molecule has 9 nitrogen and oxygen atoms in total. The fourth-order valence-corrected chi connectivity index (χ4v) is 9.14. The molecule has 2 atom stereocenters. The maximum atomic E-state index is 12.9. The van der Waals surface area contributed by atoms with Crippen molar-refractivity contribution in [2.45, 2.75) is 289 Å². The molecule has 470 valence electrons. The number of carboxylic acids is 1. The Labute approximate surface area is 505 Å². The number of allylic oxidation sites excluding steroid dienone is 18. The van der Waals surface area contributed by atoms with Gasteiger partial charge in [-0.3, -0.25) is 9.59 Å². The van der Waals surface area contributed by atoms with Gasteiger partial charge in [-0.25, -0.2) is 4.79 Å². The third-order valence-corrected chi connectivity index (χ3v) is 14.3. The third-order valence-electron chi connectivity index (χ3n) is 14.3. The van der Waals surface area contributed by atoms with Crippen LogP contribution in [0.1, 0.15) is 277 Å². The van der Waals surface area contributed by atoms with Crippen LogP contribution in [-0.2, 0) is 33.3 Å². The first-order chi connectivity index (χ1) is 40.1. The van der Waals surface area contributed by atoms with Gasteiger partial charge >= 0.3 is 17.9 Å². The Morgan fingerprint density at radius 2 is 0.695 bits per heavy atom. The molecule has 0 heterocycles. The van der Waals surface area contributed by atoms with Gasteiger partial charge in [0, 0.05) is 12.8 Å². The number of carbonyl (C=O) groups is 3. The van der Waals surface area contributed by atoms with Crippen molar-refractivity contribution in [2.24, 2.45) is 0 Å². The highest BCUT2D eigenvalue weighted by Gasteiger charge is 2.25. The summed E-state index contributed by atoms with van der Waals surface area (Å²) in [4.78, 5) is 37.5. The summed E-state index contributed by atoms with van der Waals surface area (Å²) in [6, 6.07) is 0. The van der Waals surface area contributed by atoms with E-state index < -0.39 is 24.3 Å². The summed E-state index contributed by atoms with van der Waals surface area (Å²) in [5, 5.41) is 9.72. The molecule has 0 aromatic rings. The van der Waals surface area contributed by atoms with E-state index in [-0.39, 0.29) is 32.2 Å². The van der Waals surface area contributed by atoms with Gasteiger partial charge in [-0.05, 0) is 103 Å². The zero-order valence-corrected chi connectivity index (χ0v) is 53.6. The summed E-state index contributed by atoms with van der Waals surface area (Å²) in [6.45, 7) is 4.76. The number of ether oxygens (including phenoxy) is 4. The van der Waals surface area contributed by atoms with Crippen LogP contribution in [0.2, 0.25) is 0 Å². The van der Waals surface area contributed by atoms with Gasteiger partial charge in [0.2, 0.25) is 0 Å². The van der Waals surface area contributed by atoms with Crippen molar-refractivity contribution in [1.82, 2.24) is 0 Å². The SMILES string of the molecule is CC/C=C\C/C=C\C/C=C\C/C=C\C/C=C\C/C=C\C/C=C\C/C=C\CCCCCCCCCCCCCCCCCCC(=O)OC(COC(=O)CCCCCCC/C=C\CCCCCCCCC)COC(OCC[N+](C)(C)C)C(=O)O. The van der Waals surface area contributed by atoms with Gasteiger partial charge in [0.1, 0.15) is 13.2 Å². The quantitative estimate of drug-likeness (QED) is 0.0211. The lowest BCUT2D eigenvalue weighted by molar-refractivity contribution is -0.870. The van der Waals surface area contributed by atoms with Crippen molar-refractivity contribution in [3.05, 3.63) is 109 Å². The highest BCUT2D eigenvalue weighted by Crippen LogP contribution is 2.17. The lowest BCUT2D eigenvalue weighted by Gasteiger charge is -2.25. The Hall–Kier alpha value is -4.05. The normalized spacial score (nSPS) is 13.4. The lowest BCUT2D eigenvalue weighted by atomic mass is 10.0. The van der Waals surface area contributed by atoms with E-state index in [0.29, 0.717) is 17.4 Å². The molecule has 0 rings (SSSR count). The van der Waals surface area contributed by atoms with Crippen LogP contribution in [0.5, 0.6) is 0 Å². The molecule has 0 aliphatic heterocycles. The molecule has 82 heavy (non-hydrogen) atoms. The first-order valence-corrected chi connectivity index (χ1v) is 33.6. The number of likely N-dealkylation sites (N-methyl/N-ethyl adjacent to an activating group) is 1. The average Bonchev–Trinajstić information content (AvgIpc) is 3.45. The second-order valence-corrected chi connectivity index (χ2v) is 23.4. The Kier molecular flexibility index (Phi) is 59.9. The van der Waals surface area contributed by atoms with E-state index in [1.807, 2.05) is 21.1 Å². The first kappa shape index (κ1) is 78.0. The van der Waals surface area contributed by atoms with E-state index in [2.05, 4.69) is 123 Å². The minimum Gasteiger partial charge on any atom is -0.477 e. The first-order valence-electron chi connectivity index (χ1n) is 33.6. The predicted molar refractivity (Wildman–Crippen MR) is 350 cm³/mol. The highest BCUT2D eigenvalue weighted by molar-refractivity contribution is 5.71. The molecule has 0 saturated heterocycles. The summed E-state index contributed by atoms with van der Waals surface area (Å²) in [5.41, 5.74) is 0. The summed E-state index contributed by atoms with van der Waals surface area (Å²) in [6.07, 6.45) is 84.8. The van der Waals surface area contributed by atoms with E-state index in [9.17, 15) is 19.5 Å². The van der Waals surface area contributed by atoms with Crippen LogP contribution < -0.4 is 0 Å². The summed E-state index contributed by atoms with van der Waals surface area (Å²) in [5.74, 6) is -2.01. The smallest absolute Gasteiger partial charge is 0.361 e. The van der Waals surface area contributed by atoms with Crippen LogP contribution in [0.25, 0.3) is 0 Å². The monoisotopic (exact) mass is 1140 g/mol. The molecule has 0 spiro atoms. The van der Waals surface area contributed by atoms with E-state index in [1.165, 1.54) is 141 Å². The van der Waals surface area contributed by atoms with Crippen LogP contribution in [0.4, 0.5) is 0 Å². The minimum absolute atomic E-state index is 0.184. The number of nitrogens with zero attached hydrogens (tertiary/aromatic N) is 1. The number of aliphatic carboxylic acids is 1. The van der Waals surface area contributed by atoms with Crippen molar-refractivity contribution >= 4 is 17.9 Å². The number of carbonyl (C=O) groups excluding carboxylic acids is 2. The molecule has 0 saturated carbocycles. The molecule has 0 aromatic heterocycles. The molecular weight excluding hydrogens is 1020 g/mol. The predicted octanol–water partition coefficient (Wildman–Crippen LogP) is 20.6. The van der Waals surface area contributed by atoms with Gasteiger partial charge in [-0.2, -0.15) is 0 Å². The van der Waals surface area contributed by atoms with Gasteiger partial charge < -0.3 is 28.5 Å². The number of hydrogen-bond donors (Lipinski definition) is 1.